The Morgan fingerprint density at radius 3 is 3.00 bits per heavy atom. The fraction of sp³-hybridized carbons (Fsp3) is 1.00. The van der Waals surface area contributed by atoms with Gasteiger partial charge in [-0.05, 0) is 13.5 Å². The SMILES string of the molecule is COCCN(C)CC(O)C1CCOC1. The van der Waals surface area contributed by atoms with Crippen molar-refractivity contribution in [1.82, 2.24) is 4.90 Å². The summed E-state index contributed by atoms with van der Waals surface area (Å²) >= 11 is 0. The smallest absolute Gasteiger partial charge is 0.0717 e. The van der Waals surface area contributed by atoms with Crippen LogP contribution in [-0.4, -0.2) is 63.2 Å². The van der Waals surface area contributed by atoms with E-state index in [1.807, 2.05) is 7.05 Å². The van der Waals surface area contributed by atoms with Crippen LogP contribution >= 0.6 is 0 Å². The molecular weight excluding hydrogens is 182 g/mol. The van der Waals surface area contributed by atoms with Gasteiger partial charge in [0, 0.05) is 32.7 Å². The van der Waals surface area contributed by atoms with Crippen LogP contribution in [0.1, 0.15) is 6.42 Å². The molecule has 0 radical (unpaired) electrons. The van der Waals surface area contributed by atoms with Crippen molar-refractivity contribution in [2.75, 3.05) is 47.1 Å². The Morgan fingerprint density at radius 2 is 2.43 bits per heavy atom. The fourth-order valence-electron chi connectivity index (χ4n) is 1.66. The maximum Gasteiger partial charge on any atom is 0.0717 e. The van der Waals surface area contributed by atoms with Crippen molar-refractivity contribution in [3.05, 3.63) is 0 Å². The normalized spacial score (nSPS) is 24.4. The Labute approximate surface area is 85.8 Å². The van der Waals surface area contributed by atoms with Gasteiger partial charge in [-0.3, -0.25) is 0 Å². The number of aliphatic hydroxyl groups is 1. The fourth-order valence-corrected chi connectivity index (χ4v) is 1.66. The number of rotatable bonds is 6. The predicted octanol–water partition coefficient (Wildman–Crippen LogP) is -0.0380. The standard InChI is InChI=1S/C10H21NO3/c1-11(4-6-13-2)7-10(12)9-3-5-14-8-9/h9-10,12H,3-8H2,1-2H3. The van der Waals surface area contributed by atoms with Gasteiger partial charge in [0.2, 0.25) is 0 Å². The molecule has 1 fully saturated rings. The van der Waals surface area contributed by atoms with Crippen LogP contribution in [0.25, 0.3) is 0 Å². The molecule has 0 aliphatic carbocycles. The lowest BCUT2D eigenvalue weighted by atomic mass is 10.0. The first kappa shape index (κ1) is 11.9. The van der Waals surface area contributed by atoms with E-state index >= 15 is 0 Å². The summed E-state index contributed by atoms with van der Waals surface area (Å²) in [5, 5.41) is 9.86. The molecule has 1 saturated heterocycles. The largest absolute Gasteiger partial charge is 0.391 e. The number of ether oxygens (including phenoxy) is 2. The van der Waals surface area contributed by atoms with E-state index in [0.29, 0.717) is 25.7 Å². The summed E-state index contributed by atoms with van der Waals surface area (Å²) in [6.45, 7) is 3.78. The Kier molecular flexibility index (Phi) is 5.40. The van der Waals surface area contributed by atoms with Gasteiger partial charge in [-0.2, -0.15) is 0 Å². The van der Waals surface area contributed by atoms with Gasteiger partial charge in [0.15, 0.2) is 0 Å². The second kappa shape index (κ2) is 6.35. The van der Waals surface area contributed by atoms with Gasteiger partial charge < -0.3 is 19.5 Å². The Hall–Kier alpha value is -0.160. The maximum absolute atomic E-state index is 9.86. The molecule has 1 aliphatic heterocycles. The van der Waals surface area contributed by atoms with E-state index in [9.17, 15) is 5.11 Å². The average molecular weight is 203 g/mol. The molecule has 0 spiro atoms. The average Bonchev–Trinajstić information content (AvgIpc) is 2.67. The van der Waals surface area contributed by atoms with Gasteiger partial charge in [-0.25, -0.2) is 0 Å². The van der Waals surface area contributed by atoms with Crippen molar-refractivity contribution in [3.8, 4) is 0 Å². The van der Waals surface area contributed by atoms with Gasteiger partial charge in [-0.15, -0.1) is 0 Å². The maximum atomic E-state index is 9.86. The van der Waals surface area contributed by atoms with Crippen molar-refractivity contribution < 1.29 is 14.6 Å². The first-order chi connectivity index (χ1) is 6.74. The molecule has 2 unspecified atom stereocenters. The van der Waals surface area contributed by atoms with Crippen LogP contribution in [0.5, 0.6) is 0 Å². The van der Waals surface area contributed by atoms with Gasteiger partial charge in [0.25, 0.3) is 0 Å². The van der Waals surface area contributed by atoms with E-state index < -0.39 is 0 Å². The molecular formula is C10H21NO3. The van der Waals surface area contributed by atoms with Crippen molar-refractivity contribution >= 4 is 0 Å². The lowest BCUT2D eigenvalue weighted by Crippen LogP contribution is -2.36. The van der Waals surface area contributed by atoms with Crippen LogP contribution in [-0.2, 0) is 9.47 Å². The Bertz CT molecular complexity index is 148. The number of methoxy groups -OCH3 is 1. The summed E-state index contributed by atoms with van der Waals surface area (Å²) < 4.78 is 10.2. The van der Waals surface area contributed by atoms with Crippen LogP contribution < -0.4 is 0 Å². The summed E-state index contributed by atoms with van der Waals surface area (Å²) in [5.74, 6) is 0.319. The van der Waals surface area contributed by atoms with Crippen LogP contribution in [0.2, 0.25) is 0 Å². The molecule has 4 heteroatoms. The summed E-state index contributed by atoms with van der Waals surface area (Å²) in [7, 11) is 3.69. The van der Waals surface area contributed by atoms with E-state index in [4.69, 9.17) is 9.47 Å². The number of hydrogen-bond donors (Lipinski definition) is 1. The molecule has 0 bridgehead atoms. The third-order valence-electron chi connectivity index (χ3n) is 2.68. The molecule has 2 atom stereocenters. The second-order valence-electron chi connectivity index (χ2n) is 3.95. The van der Waals surface area contributed by atoms with Gasteiger partial charge >= 0.3 is 0 Å². The predicted molar refractivity (Wildman–Crippen MR) is 54.3 cm³/mol. The van der Waals surface area contributed by atoms with Crippen molar-refractivity contribution in [2.45, 2.75) is 12.5 Å². The van der Waals surface area contributed by atoms with Gasteiger partial charge in [0.05, 0.1) is 19.3 Å². The summed E-state index contributed by atoms with van der Waals surface area (Å²) in [5.41, 5.74) is 0. The van der Waals surface area contributed by atoms with Crippen LogP contribution in [0.4, 0.5) is 0 Å². The zero-order valence-corrected chi connectivity index (χ0v) is 9.11. The Morgan fingerprint density at radius 1 is 1.64 bits per heavy atom. The molecule has 1 N–H and O–H groups in total. The molecule has 0 aromatic heterocycles. The van der Waals surface area contributed by atoms with Crippen molar-refractivity contribution in [3.63, 3.8) is 0 Å². The highest BCUT2D eigenvalue weighted by Gasteiger charge is 2.24. The summed E-state index contributed by atoms with van der Waals surface area (Å²) in [6, 6.07) is 0. The molecule has 1 aliphatic rings. The number of likely N-dealkylation sites (N-methyl/N-ethyl adjacent to an activating group) is 1. The Balaban J connectivity index is 2.14. The highest BCUT2D eigenvalue weighted by Crippen LogP contribution is 2.16. The highest BCUT2D eigenvalue weighted by molar-refractivity contribution is 4.74. The molecule has 0 saturated carbocycles. The molecule has 0 aromatic rings. The van der Waals surface area contributed by atoms with E-state index in [1.54, 1.807) is 7.11 Å². The van der Waals surface area contributed by atoms with Crippen molar-refractivity contribution in [1.29, 1.82) is 0 Å². The van der Waals surface area contributed by atoms with E-state index in [1.165, 1.54) is 0 Å². The quantitative estimate of drug-likeness (QED) is 0.658. The third-order valence-corrected chi connectivity index (χ3v) is 2.68. The first-order valence-corrected chi connectivity index (χ1v) is 5.17. The highest BCUT2D eigenvalue weighted by atomic mass is 16.5. The number of nitrogens with zero attached hydrogens (tertiary/aromatic N) is 1. The third kappa shape index (κ3) is 3.92. The van der Waals surface area contributed by atoms with Gasteiger partial charge in [-0.1, -0.05) is 0 Å². The minimum atomic E-state index is -0.264. The minimum absolute atomic E-state index is 0.264. The first-order valence-electron chi connectivity index (χ1n) is 5.17. The minimum Gasteiger partial charge on any atom is -0.391 e. The molecule has 0 amide bonds. The lowest BCUT2D eigenvalue weighted by Gasteiger charge is -2.23. The van der Waals surface area contributed by atoms with Crippen LogP contribution in [0.15, 0.2) is 0 Å². The van der Waals surface area contributed by atoms with E-state index in [0.717, 1.165) is 19.6 Å². The lowest BCUT2D eigenvalue weighted by molar-refractivity contribution is 0.0554. The summed E-state index contributed by atoms with van der Waals surface area (Å²) in [4.78, 5) is 2.09. The molecule has 84 valence electrons. The molecule has 1 rings (SSSR count). The molecule has 0 aromatic carbocycles. The zero-order chi connectivity index (χ0) is 10.4. The molecule has 4 nitrogen and oxygen atoms in total. The second-order valence-corrected chi connectivity index (χ2v) is 3.95. The van der Waals surface area contributed by atoms with E-state index in [2.05, 4.69) is 4.90 Å². The number of hydrogen-bond acceptors (Lipinski definition) is 4. The molecule has 1 heterocycles. The van der Waals surface area contributed by atoms with Crippen molar-refractivity contribution in [2.24, 2.45) is 5.92 Å². The zero-order valence-electron chi connectivity index (χ0n) is 9.11. The summed E-state index contributed by atoms with van der Waals surface area (Å²) in [6.07, 6.45) is 0.721. The van der Waals surface area contributed by atoms with Crippen LogP contribution in [0, 0.1) is 5.92 Å². The van der Waals surface area contributed by atoms with E-state index in [-0.39, 0.29) is 6.10 Å². The monoisotopic (exact) mass is 203 g/mol. The van der Waals surface area contributed by atoms with Gasteiger partial charge in [0.1, 0.15) is 0 Å². The van der Waals surface area contributed by atoms with Crippen LogP contribution in [0.3, 0.4) is 0 Å². The molecule has 14 heavy (non-hydrogen) atoms. The number of aliphatic hydroxyl groups excluding tert-OH is 1. The topological polar surface area (TPSA) is 41.9 Å².